The van der Waals surface area contributed by atoms with E-state index in [9.17, 15) is 13.6 Å². The molecule has 2 aromatic rings. The number of hydrogen-bond donors (Lipinski definition) is 0. The summed E-state index contributed by atoms with van der Waals surface area (Å²) in [6, 6.07) is 5.79. The van der Waals surface area contributed by atoms with Crippen LogP contribution in [0.15, 0.2) is 29.1 Å². The summed E-state index contributed by atoms with van der Waals surface area (Å²) in [7, 11) is 1.75. The SMILES string of the molecule is CN(Cc1ccc(F)cc1F)c1cc2n(c(=O)n1)C[C@@H]1CCCCN21. The molecule has 25 heavy (non-hydrogen) atoms. The smallest absolute Gasteiger partial charge is 0.351 e. The quantitative estimate of drug-likeness (QED) is 0.856. The van der Waals surface area contributed by atoms with Crippen LogP contribution < -0.4 is 15.5 Å². The van der Waals surface area contributed by atoms with E-state index in [1.807, 2.05) is 6.07 Å². The van der Waals surface area contributed by atoms with Crippen molar-refractivity contribution in [2.75, 3.05) is 23.4 Å². The molecular weight excluding hydrogens is 326 g/mol. The van der Waals surface area contributed by atoms with Gasteiger partial charge in [0, 0.05) is 50.4 Å². The first-order valence-corrected chi connectivity index (χ1v) is 8.56. The van der Waals surface area contributed by atoms with Crippen LogP contribution >= 0.6 is 0 Å². The van der Waals surface area contributed by atoms with Gasteiger partial charge in [0.15, 0.2) is 0 Å². The number of anilines is 2. The molecule has 132 valence electrons. The Balaban J connectivity index is 1.63. The topological polar surface area (TPSA) is 41.4 Å². The Hall–Kier alpha value is -2.44. The van der Waals surface area contributed by atoms with Gasteiger partial charge in [-0.1, -0.05) is 6.07 Å². The van der Waals surface area contributed by atoms with Crippen molar-refractivity contribution in [1.82, 2.24) is 9.55 Å². The Morgan fingerprint density at radius 2 is 2.12 bits per heavy atom. The summed E-state index contributed by atoms with van der Waals surface area (Å²) in [6.07, 6.45) is 3.40. The first-order chi connectivity index (χ1) is 12.0. The summed E-state index contributed by atoms with van der Waals surface area (Å²) in [5, 5.41) is 0. The molecule has 0 aliphatic carbocycles. The van der Waals surface area contributed by atoms with Crippen LogP contribution in [0.25, 0.3) is 0 Å². The fourth-order valence-electron chi connectivity index (χ4n) is 3.78. The molecule has 0 unspecified atom stereocenters. The third-order valence-corrected chi connectivity index (χ3v) is 5.10. The van der Waals surface area contributed by atoms with Crippen LogP contribution in [0.5, 0.6) is 0 Å². The maximum absolute atomic E-state index is 13.9. The van der Waals surface area contributed by atoms with Gasteiger partial charge in [0.1, 0.15) is 23.3 Å². The zero-order chi connectivity index (χ0) is 17.6. The minimum Gasteiger partial charge on any atom is -0.355 e. The molecule has 1 fully saturated rings. The zero-order valence-corrected chi connectivity index (χ0v) is 14.1. The third kappa shape index (κ3) is 2.88. The Kier molecular flexibility index (Phi) is 3.94. The summed E-state index contributed by atoms with van der Waals surface area (Å²) in [5.74, 6) is 0.201. The molecule has 1 aromatic carbocycles. The highest BCUT2D eigenvalue weighted by Crippen LogP contribution is 2.32. The van der Waals surface area contributed by atoms with Crippen molar-refractivity contribution in [3.63, 3.8) is 0 Å². The molecule has 0 radical (unpaired) electrons. The molecule has 3 heterocycles. The zero-order valence-electron chi connectivity index (χ0n) is 14.1. The van der Waals surface area contributed by atoms with Crippen LogP contribution in [0.4, 0.5) is 20.4 Å². The minimum atomic E-state index is -0.603. The molecule has 2 aliphatic heterocycles. The largest absolute Gasteiger partial charge is 0.355 e. The number of halogens is 2. The van der Waals surface area contributed by atoms with Crippen LogP contribution in [0, 0.1) is 11.6 Å². The van der Waals surface area contributed by atoms with Crippen LogP contribution in [-0.2, 0) is 13.1 Å². The van der Waals surface area contributed by atoms with Crippen molar-refractivity contribution >= 4 is 11.6 Å². The van der Waals surface area contributed by atoms with E-state index >= 15 is 0 Å². The lowest BCUT2D eigenvalue weighted by Gasteiger charge is -2.30. The highest BCUT2D eigenvalue weighted by molar-refractivity contribution is 5.54. The van der Waals surface area contributed by atoms with Gasteiger partial charge in [0.2, 0.25) is 0 Å². The molecule has 5 nitrogen and oxygen atoms in total. The molecular formula is C18H20F2N4O. The maximum atomic E-state index is 13.9. The Bertz CT molecular complexity index is 867. The second-order valence-corrected chi connectivity index (χ2v) is 6.80. The first-order valence-electron chi connectivity index (χ1n) is 8.56. The summed E-state index contributed by atoms with van der Waals surface area (Å²) >= 11 is 0. The van der Waals surface area contributed by atoms with Gasteiger partial charge in [-0.05, 0) is 25.3 Å². The average Bonchev–Trinajstić information content (AvgIpc) is 2.97. The molecule has 0 saturated carbocycles. The van der Waals surface area contributed by atoms with Crippen molar-refractivity contribution in [3.05, 3.63) is 51.9 Å². The van der Waals surface area contributed by atoms with E-state index in [1.54, 1.807) is 16.5 Å². The van der Waals surface area contributed by atoms with Gasteiger partial charge < -0.3 is 9.80 Å². The number of fused-ring (bicyclic) bond motifs is 3. The van der Waals surface area contributed by atoms with Crippen LogP contribution in [0.1, 0.15) is 24.8 Å². The van der Waals surface area contributed by atoms with Gasteiger partial charge in [0.05, 0.1) is 0 Å². The molecule has 0 amide bonds. The summed E-state index contributed by atoms with van der Waals surface area (Å²) in [4.78, 5) is 20.6. The molecule has 1 atom stereocenters. The number of hydrogen-bond acceptors (Lipinski definition) is 4. The monoisotopic (exact) mass is 346 g/mol. The van der Waals surface area contributed by atoms with Gasteiger partial charge in [-0.25, -0.2) is 13.6 Å². The normalized spacial score (nSPS) is 18.8. The summed E-state index contributed by atoms with van der Waals surface area (Å²) < 4.78 is 28.7. The van der Waals surface area contributed by atoms with E-state index in [1.165, 1.54) is 18.6 Å². The van der Waals surface area contributed by atoms with Crippen molar-refractivity contribution in [1.29, 1.82) is 0 Å². The minimum absolute atomic E-state index is 0.214. The van der Waals surface area contributed by atoms with Gasteiger partial charge in [-0.15, -0.1) is 0 Å². The molecule has 1 aromatic heterocycles. The number of rotatable bonds is 3. The summed E-state index contributed by atoms with van der Waals surface area (Å²) in [5.41, 5.74) is 0.0930. The molecule has 1 saturated heterocycles. The van der Waals surface area contributed by atoms with Crippen molar-refractivity contribution in [2.24, 2.45) is 0 Å². The highest BCUT2D eigenvalue weighted by atomic mass is 19.1. The predicted octanol–water partition coefficient (Wildman–Crippen LogP) is 2.53. The number of benzene rings is 1. The molecule has 0 bridgehead atoms. The van der Waals surface area contributed by atoms with Crippen molar-refractivity contribution < 1.29 is 8.78 Å². The molecule has 7 heteroatoms. The first kappa shape index (κ1) is 16.1. The fourth-order valence-corrected chi connectivity index (χ4v) is 3.78. The number of aromatic nitrogens is 2. The molecule has 4 rings (SSSR count). The Labute approximate surface area is 144 Å². The van der Waals surface area contributed by atoms with Gasteiger partial charge in [0.25, 0.3) is 0 Å². The van der Waals surface area contributed by atoms with Crippen LogP contribution in [0.2, 0.25) is 0 Å². The van der Waals surface area contributed by atoms with Crippen LogP contribution in [0.3, 0.4) is 0 Å². The van der Waals surface area contributed by atoms with E-state index < -0.39 is 11.6 Å². The van der Waals surface area contributed by atoms with Gasteiger partial charge in [-0.2, -0.15) is 4.98 Å². The van der Waals surface area contributed by atoms with Crippen molar-refractivity contribution in [3.8, 4) is 0 Å². The summed E-state index contributed by atoms with van der Waals surface area (Å²) in [6.45, 7) is 1.85. The third-order valence-electron chi connectivity index (χ3n) is 5.10. The molecule has 0 spiro atoms. The lowest BCUT2D eigenvalue weighted by atomic mass is 10.0. The fraction of sp³-hybridized carbons (Fsp3) is 0.444. The van der Waals surface area contributed by atoms with E-state index in [0.29, 0.717) is 24.0 Å². The lowest BCUT2D eigenvalue weighted by molar-refractivity contribution is 0.458. The average molecular weight is 346 g/mol. The number of piperidine rings is 1. The molecule has 2 aliphatic rings. The van der Waals surface area contributed by atoms with Crippen molar-refractivity contribution in [2.45, 2.75) is 38.4 Å². The van der Waals surface area contributed by atoms with E-state index in [2.05, 4.69) is 9.88 Å². The second-order valence-electron chi connectivity index (χ2n) is 6.80. The van der Waals surface area contributed by atoms with Crippen LogP contribution in [-0.4, -0.2) is 29.2 Å². The number of nitrogens with zero attached hydrogens (tertiary/aromatic N) is 4. The Morgan fingerprint density at radius 1 is 1.28 bits per heavy atom. The lowest BCUT2D eigenvalue weighted by Crippen LogP contribution is -2.36. The predicted molar refractivity (Wildman–Crippen MR) is 91.9 cm³/mol. The van der Waals surface area contributed by atoms with E-state index in [4.69, 9.17) is 0 Å². The van der Waals surface area contributed by atoms with Gasteiger partial charge >= 0.3 is 5.69 Å². The van der Waals surface area contributed by atoms with E-state index in [-0.39, 0.29) is 12.2 Å². The molecule has 0 N–H and O–H groups in total. The van der Waals surface area contributed by atoms with Gasteiger partial charge in [-0.3, -0.25) is 4.57 Å². The maximum Gasteiger partial charge on any atom is 0.351 e. The highest BCUT2D eigenvalue weighted by Gasteiger charge is 2.32. The standard InChI is InChI=1S/C18H20F2N4O/c1-22(10-12-5-6-13(19)8-15(12)20)16-9-17-23-7-3-2-4-14(23)11-24(17)18(25)21-16/h5-6,8-9,14H,2-4,7,10-11H2,1H3/t14-/m0/s1. The van der Waals surface area contributed by atoms with E-state index in [0.717, 1.165) is 31.3 Å². The second kappa shape index (κ2) is 6.13. The Morgan fingerprint density at radius 3 is 2.92 bits per heavy atom.